The van der Waals surface area contributed by atoms with Crippen LogP contribution in [0.3, 0.4) is 0 Å². The van der Waals surface area contributed by atoms with Gasteiger partial charge >= 0.3 is 0 Å². The molecular weight excluding hydrogens is 555 g/mol. The van der Waals surface area contributed by atoms with Gasteiger partial charge in [0.05, 0.1) is 10.7 Å². The predicted molar refractivity (Wildman–Crippen MR) is 151 cm³/mol. The number of halogens is 2. The van der Waals surface area contributed by atoms with Crippen molar-refractivity contribution >= 4 is 54.5 Å². The van der Waals surface area contributed by atoms with Crippen molar-refractivity contribution in [2.45, 2.75) is 13.8 Å². The number of nitrogens with two attached hydrogens (primary N) is 2. The van der Waals surface area contributed by atoms with Crippen molar-refractivity contribution in [2.24, 2.45) is 9.98 Å². The van der Waals surface area contributed by atoms with Crippen molar-refractivity contribution in [3.63, 3.8) is 0 Å². The highest BCUT2D eigenvalue weighted by molar-refractivity contribution is 7.21. The molecule has 0 bridgehead atoms. The molecule has 2 aromatic carbocycles. The average Bonchev–Trinajstić information content (AvgIpc) is 2.89. The number of hydrogen-bond acceptors (Lipinski definition) is 6. The van der Waals surface area contributed by atoms with Crippen molar-refractivity contribution in [2.75, 3.05) is 25.6 Å². The van der Waals surface area contributed by atoms with E-state index in [0.717, 1.165) is 55.6 Å². The molecule has 4 aliphatic rings. The Bertz CT molecular complexity index is 1810. The summed E-state index contributed by atoms with van der Waals surface area (Å²) in [5.41, 5.74) is 20.3. The number of aromatic nitrogens is 2. The number of fused-ring (bicyclic) bond motifs is 4. The molecule has 196 valence electrons. The van der Waals surface area contributed by atoms with Crippen LogP contribution in [-0.2, 0) is 0 Å². The van der Waals surface area contributed by atoms with E-state index in [4.69, 9.17) is 11.5 Å². The number of H-pyrrole nitrogens is 2. The minimum Gasteiger partial charge on any atom is -1.00 e. The van der Waals surface area contributed by atoms with Gasteiger partial charge in [-0.05, 0) is 61.4 Å². The van der Waals surface area contributed by atoms with Gasteiger partial charge in [0.2, 0.25) is 22.4 Å². The molecule has 10 heteroatoms. The van der Waals surface area contributed by atoms with E-state index in [9.17, 15) is 0 Å². The van der Waals surface area contributed by atoms with Crippen molar-refractivity contribution in [1.82, 2.24) is 0 Å². The zero-order valence-electron chi connectivity index (χ0n) is 21.4. The Morgan fingerprint density at radius 3 is 1.84 bits per heavy atom. The van der Waals surface area contributed by atoms with Crippen LogP contribution in [0.25, 0.3) is 41.6 Å². The molecule has 0 amide bonds. The standard InChI is InChI=1S/2C14H13N3S.2ClH/c1-8-10(15)4-6-12-14(8)18-13-7-9(16-2)3-5-11(13)17-12;1-8-5-12-14(7-10(8)15)18-13-6-9(16-2)3-4-11(13)17-12;;/h2*3-7H,15H2,1-2H3;2*1H. The third-order valence-corrected chi connectivity index (χ3v) is 8.64. The minimum atomic E-state index is 0. The zero-order valence-corrected chi connectivity index (χ0v) is 24.5. The van der Waals surface area contributed by atoms with E-state index in [1.165, 1.54) is 19.2 Å². The number of aryl methyl sites for hydroxylation is 2. The van der Waals surface area contributed by atoms with Gasteiger partial charge in [0.1, 0.15) is 19.2 Å². The summed E-state index contributed by atoms with van der Waals surface area (Å²) >= 11 is 3.48. The summed E-state index contributed by atoms with van der Waals surface area (Å²) in [5.74, 6) is 0. The van der Waals surface area contributed by atoms with Crippen LogP contribution in [0.2, 0.25) is 0 Å². The fourth-order valence-corrected chi connectivity index (χ4v) is 6.20. The van der Waals surface area contributed by atoms with Gasteiger partial charge in [-0.2, -0.15) is 0 Å². The predicted octanol–water partition coefficient (Wildman–Crippen LogP) is -1.51. The van der Waals surface area contributed by atoms with Crippen LogP contribution in [0.4, 0.5) is 11.4 Å². The van der Waals surface area contributed by atoms with E-state index >= 15 is 0 Å². The molecule has 38 heavy (non-hydrogen) atoms. The van der Waals surface area contributed by atoms with Crippen molar-refractivity contribution in [3.8, 4) is 21.1 Å². The molecule has 0 saturated heterocycles. The monoisotopic (exact) mass is 582 g/mol. The summed E-state index contributed by atoms with van der Waals surface area (Å²) in [6, 6.07) is 20.5. The van der Waals surface area contributed by atoms with E-state index in [-0.39, 0.29) is 24.8 Å². The fourth-order valence-electron chi connectivity index (χ4n) is 4.02. The first kappa shape index (κ1) is 29.3. The third kappa shape index (κ3) is 5.73. The molecular formula is C28H28Cl2N6S2. The van der Waals surface area contributed by atoms with Crippen molar-refractivity contribution in [3.05, 3.63) is 82.5 Å². The molecule has 6 N–H and O–H groups in total. The van der Waals surface area contributed by atoms with Gasteiger partial charge in [-0.3, -0.25) is 9.98 Å². The lowest BCUT2D eigenvalue weighted by molar-refractivity contribution is -0.330. The first-order valence-electron chi connectivity index (χ1n) is 11.5. The highest BCUT2D eigenvalue weighted by Gasteiger charge is 2.16. The minimum absolute atomic E-state index is 0. The SMILES string of the molecule is CN=c1ccc2[nH+]c3cc(C)c(N)cc3sc-2c1.CN=c1ccc2[nH+]c3ccc(N)c(C)c3sc-2c1.[Cl-].[Cl-]. The summed E-state index contributed by atoms with van der Waals surface area (Å²) in [5, 5.41) is 1.99. The maximum absolute atomic E-state index is 5.96. The van der Waals surface area contributed by atoms with Gasteiger partial charge in [0.25, 0.3) is 0 Å². The molecule has 0 spiro atoms. The molecule has 0 fully saturated rings. The van der Waals surface area contributed by atoms with Gasteiger partial charge in [-0.15, -0.1) is 22.7 Å². The summed E-state index contributed by atoms with van der Waals surface area (Å²) in [6.45, 7) is 4.08. The first-order valence-corrected chi connectivity index (χ1v) is 13.2. The van der Waals surface area contributed by atoms with Gasteiger partial charge in [-0.25, -0.2) is 9.97 Å². The number of anilines is 2. The molecule has 6 rings (SSSR count). The van der Waals surface area contributed by atoms with Crippen LogP contribution in [0, 0.1) is 13.8 Å². The molecule has 0 radical (unpaired) electrons. The second-order valence-electron chi connectivity index (χ2n) is 8.62. The lowest BCUT2D eigenvalue weighted by Crippen LogP contribution is -3.00. The second kappa shape index (κ2) is 12.0. The molecule has 0 unspecified atom stereocenters. The first-order chi connectivity index (χ1) is 17.4. The lowest BCUT2D eigenvalue weighted by Gasteiger charge is -2.04. The Balaban J connectivity index is 0.000000200. The number of nitrogens with zero attached hydrogens (tertiary/aromatic N) is 2. The normalized spacial score (nSPS) is 11.8. The van der Waals surface area contributed by atoms with E-state index in [1.807, 2.05) is 37.3 Å². The zero-order chi connectivity index (χ0) is 25.4. The molecule has 2 heterocycles. The maximum atomic E-state index is 5.96. The number of hydrogen-bond donors (Lipinski definition) is 2. The number of aromatic amines is 2. The van der Waals surface area contributed by atoms with E-state index in [1.54, 1.807) is 36.8 Å². The van der Waals surface area contributed by atoms with Gasteiger partial charge in [-0.1, -0.05) is 0 Å². The quantitative estimate of drug-likeness (QED) is 0.168. The van der Waals surface area contributed by atoms with Crippen LogP contribution in [0.15, 0.2) is 70.6 Å². The Kier molecular flexibility index (Phi) is 9.27. The van der Waals surface area contributed by atoms with Gasteiger partial charge in [0.15, 0.2) is 0 Å². The molecule has 6 nitrogen and oxygen atoms in total. The maximum Gasteiger partial charge on any atom is 0.221 e. The number of benzene rings is 4. The molecule has 2 aromatic rings. The number of nitrogens with one attached hydrogen (secondary N) is 2. The summed E-state index contributed by atoms with van der Waals surface area (Å²) in [4.78, 5) is 17.7. The van der Waals surface area contributed by atoms with Crippen LogP contribution < -0.4 is 57.0 Å². The molecule has 0 aromatic heterocycles. The number of nitrogen functional groups attached to an aromatic ring is 2. The topological polar surface area (TPSA) is 105 Å². The van der Waals surface area contributed by atoms with Crippen LogP contribution in [0.5, 0.6) is 0 Å². The van der Waals surface area contributed by atoms with Crippen LogP contribution >= 0.6 is 22.7 Å². The highest BCUT2D eigenvalue weighted by Crippen LogP contribution is 2.31. The third-order valence-electron chi connectivity index (χ3n) is 6.23. The van der Waals surface area contributed by atoms with Crippen LogP contribution in [-0.4, -0.2) is 14.1 Å². The fraction of sp³-hybridized carbons (Fsp3) is 0.143. The Hall–Kier alpha value is -3.30. The average molecular weight is 584 g/mol. The van der Waals surface area contributed by atoms with Crippen molar-refractivity contribution < 1.29 is 34.8 Å². The summed E-state index contributed by atoms with van der Waals surface area (Å²) in [7, 11) is 3.61. The lowest BCUT2D eigenvalue weighted by atomic mass is 10.2. The largest absolute Gasteiger partial charge is 1.00 e. The number of rotatable bonds is 0. The molecule has 0 atom stereocenters. The van der Waals surface area contributed by atoms with Crippen molar-refractivity contribution in [1.29, 1.82) is 0 Å². The Morgan fingerprint density at radius 2 is 1.24 bits per heavy atom. The van der Waals surface area contributed by atoms with Gasteiger partial charge in [0, 0.05) is 49.7 Å². The molecule has 2 aliphatic carbocycles. The van der Waals surface area contributed by atoms with Gasteiger partial charge < -0.3 is 36.3 Å². The molecule has 0 saturated carbocycles. The smallest absolute Gasteiger partial charge is 0.221 e. The second-order valence-corrected chi connectivity index (χ2v) is 10.8. The van der Waals surface area contributed by atoms with E-state index in [2.05, 4.69) is 57.2 Å². The Labute approximate surface area is 241 Å². The van der Waals surface area contributed by atoms with E-state index in [0.29, 0.717) is 0 Å². The van der Waals surface area contributed by atoms with Crippen LogP contribution in [0.1, 0.15) is 11.1 Å². The molecule has 2 aliphatic heterocycles. The summed E-state index contributed by atoms with van der Waals surface area (Å²) in [6.07, 6.45) is 0. The Morgan fingerprint density at radius 1 is 0.658 bits per heavy atom. The highest BCUT2D eigenvalue weighted by atomic mass is 35.5. The van der Waals surface area contributed by atoms with E-state index < -0.39 is 0 Å². The summed E-state index contributed by atoms with van der Waals surface area (Å²) < 4.78 is 2.37.